The summed E-state index contributed by atoms with van der Waals surface area (Å²) in [6.45, 7) is 4.81. The highest BCUT2D eigenvalue weighted by atomic mass is 32.1. The van der Waals surface area contributed by atoms with Crippen LogP contribution in [0, 0.1) is 5.92 Å². The molecule has 3 heterocycles. The molecule has 2 aromatic carbocycles. The number of thiazole rings is 1. The maximum absolute atomic E-state index is 13.2. The number of phenolic OH excluding ortho intramolecular Hbond substituents is 1. The predicted octanol–water partition coefficient (Wildman–Crippen LogP) is 5.01. The molecule has 5 nitrogen and oxygen atoms in total. The molecule has 0 saturated carbocycles. The van der Waals surface area contributed by atoms with Crippen LogP contribution in [0.5, 0.6) is 5.75 Å². The minimum absolute atomic E-state index is 0.112. The van der Waals surface area contributed by atoms with Gasteiger partial charge in [0.15, 0.2) is 0 Å². The molecule has 0 spiro atoms. The first kappa shape index (κ1) is 18.3. The summed E-state index contributed by atoms with van der Waals surface area (Å²) in [5.74, 6) is 0.810. The van der Waals surface area contributed by atoms with Crippen molar-refractivity contribution in [2.24, 2.45) is 5.92 Å². The molecule has 2 aromatic heterocycles. The Hall–Kier alpha value is -2.70. The summed E-state index contributed by atoms with van der Waals surface area (Å²) in [5.41, 5.74) is 2.38. The normalized spacial score (nSPS) is 17.9. The molecule has 1 saturated heterocycles. The highest BCUT2D eigenvalue weighted by Crippen LogP contribution is 2.32. The minimum atomic E-state index is -0.112. The summed E-state index contributed by atoms with van der Waals surface area (Å²) in [4.78, 5) is 20.1. The summed E-state index contributed by atoms with van der Waals surface area (Å²) in [7, 11) is 0. The number of hydrogen-bond donors (Lipinski definition) is 1. The quantitative estimate of drug-likeness (QED) is 0.518. The zero-order valence-electron chi connectivity index (χ0n) is 16.2. The minimum Gasteiger partial charge on any atom is -0.507 e. The van der Waals surface area contributed by atoms with Gasteiger partial charge in [-0.25, -0.2) is 4.98 Å². The number of phenols is 1. The van der Waals surface area contributed by atoms with Gasteiger partial charge in [0.1, 0.15) is 22.6 Å². The summed E-state index contributed by atoms with van der Waals surface area (Å²) in [6, 6.07) is 11.1. The fraction of sp³-hybridized carbons (Fsp3) is 0.304. The Labute approximate surface area is 172 Å². The van der Waals surface area contributed by atoms with Crippen molar-refractivity contribution in [3.05, 3.63) is 58.4 Å². The summed E-state index contributed by atoms with van der Waals surface area (Å²) in [5, 5.41) is 11.6. The van der Waals surface area contributed by atoms with Gasteiger partial charge in [-0.1, -0.05) is 19.1 Å². The lowest BCUT2D eigenvalue weighted by Crippen LogP contribution is -2.33. The number of aromatic hydroxyl groups is 1. The second-order valence-corrected chi connectivity index (χ2v) is 8.92. The lowest BCUT2D eigenvalue weighted by Gasteiger charge is -2.31. The lowest BCUT2D eigenvalue weighted by atomic mass is 9.99. The van der Waals surface area contributed by atoms with Gasteiger partial charge < -0.3 is 9.52 Å². The van der Waals surface area contributed by atoms with Gasteiger partial charge >= 0.3 is 0 Å². The van der Waals surface area contributed by atoms with Crippen molar-refractivity contribution in [2.75, 3.05) is 13.1 Å². The SMILES string of the molecule is C[C@H]1CCCN(Cc2c(O)ccc3c(=O)c(-c4nc5ccccc5s4)coc23)C1. The van der Waals surface area contributed by atoms with Crippen LogP contribution in [0.1, 0.15) is 25.3 Å². The first-order chi connectivity index (χ1) is 14.1. The highest BCUT2D eigenvalue weighted by molar-refractivity contribution is 7.21. The summed E-state index contributed by atoms with van der Waals surface area (Å²) in [6.07, 6.45) is 3.88. The molecular weight excluding hydrogens is 384 g/mol. The van der Waals surface area contributed by atoms with Gasteiger partial charge in [-0.3, -0.25) is 9.69 Å². The molecule has 0 aliphatic carbocycles. The third-order valence-corrected chi connectivity index (χ3v) is 6.74. The van der Waals surface area contributed by atoms with Gasteiger partial charge in [-0.15, -0.1) is 11.3 Å². The van der Waals surface area contributed by atoms with Crippen LogP contribution < -0.4 is 5.43 Å². The van der Waals surface area contributed by atoms with E-state index in [1.165, 1.54) is 24.0 Å². The van der Waals surface area contributed by atoms with Gasteiger partial charge in [-0.05, 0) is 49.6 Å². The van der Waals surface area contributed by atoms with E-state index in [2.05, 4.69) is 16.8 Å². The Morgan fingerprint density at radius 3 is 2.97 bits per heavy atom. The van der Waals surface area contributed by atoms with Crippen LogP contribution in [-0.4, -0.2) is 28.1 Å². The topological polar surface area (TPSA) is 66.6 Å². The molecule has 0 bridgehead atoms. The van der Waals surface area contributed by atoms with Gasteiger partial charge in [0, 0.05) is 13.1 Å². The molecule has 1 N–H and O–H groups in total. The van der Waals surface area contributed by atoms with Crippen molar-refractivity contribution < 1.29 is 9.52 Å². The average Bonchev–Trinajstić information content (AvgIpc) is 3.14. The number of aromatic nitrogens is 1. The van der Waals surface area contributed by atoms with Crippen LogP contribution in [0.4, 0.5) is 0 Å². The maximum Gasteiger partial charge on any atom is 0.202 e. The van der Waals surface area contributed by atoms with E-state index in [-0.39, 0.29) is 11.2 Å². The van der Waals surface area contributed by atoms with Gasteiger partial charge in [0.05, 0.1) is 26.7 Å². The van der Waals surface area contributed by atoms with E-state index < -0.39 is 0 Å². The second kappa shape index (κ2) is 7.28. The van der Waals surface area contributed by atoms with Crippen LogP contribution in [0.25, 0.3) is 31.8 Å². The molecule has 0 amide bonds. The molecule has 0 radical (unpaired) electrons. The van der Waals surface area contributed by atoms with Gasteiger partial charge in [0.2, 0.25) is 5.43 Å². The van der Waals surface area contributed by atoms with Crippen LogP contribution in [0.3, 0.4) is 0 Å². The van der Waals surface area contributed by atoms with E-state index in [9.17, 15) is 9.90 Å². The number of fused-ring (bicyclic) bond motifs is 2. The highest BCUT2D eigenvalue weighted by Gasteiger charge is 2.21. The first-order valence-corrected chi connectivity index (χ1v) is 10.8. The number of piperidine rings is 1. The van der Waals surface area contributed by atoms with Crippen molar-refractivity contribution in [3.63, 3.8) is 0 Å². The fourth-order valence-electron chi connectivity index (χ4n) is 4.19. The number of rotatable bonds is 3. The Morgan fingerprint density at radius 1 is 1.28 bits per heavy atom. The number of para-hydroxylation sites is 1. The molecule has 148 valence electrons. The summed E-state index contributed by atoms with van der Waals surface area (Å²) < 4.78 is 6.97. The molecule has 1 aliphatic rings. The third-order valence-electron chi connectivity index (χ3n) is 5.67. The Kier molecular flexibility index (Phi) is 4.60. The Bertz CT molecular complexity index is 1230. The molecule has 1 aliphatic heterocycles. The monoisotopic (exact) mass is 406 g/mol. The van der Waals surface area contributed by atoms with Crippen molar-refractivity contribution in [1.82, 2.24) is 9.88 Å². The van der Waals surface area contributed by atoms with E-state index in [0.717, 1.165) is 29.7 Å². The fourth-order valence-corrected chi connectivity index (χ4v) is 5.16. The largest absolute Gasteiger partial charge is 0.507 e. The number of nitrogens with zero attached hydrogens (tertiary/aromatic N) is 2. The van der Waals surface area contributed by atoms with E-state index in [4.69, 9.17) is 4.42 Å². The maximum atomic E-state index is 13.2. The van der Waals surface area contributed by atoms with Gasteiger partial charge in [0.25, 0.3) is 0 Å². The van der Waals surface area contributed by atoms with Gasteiger partial charge in [-0.2, -0.15) is 0 Å². The van der Waals surface area contributed by atoms with Crippen LogP contribution in [0.15, 0.2) is 51.9 Å². The van der Waals surface area contributed by atoms with Crippen LogP contribution >= 0.6 is 11.3 Å². The Morgan fingerprint density at radius 2 is 2.14 bits per heavy atom. The zero-order valence-corrected chi connectivity index (χ0v) is 17.0. The molecule has 4 aromatic rings. The second-order valence-electron chi connectivity index (χ2n) is 7.89. The lowest BCUT2D eigenvalue weighted by molar-refractivity contribution is 0.175. The predicted molar refractivity (Wildman–Crippen MR) is 116 cm³/mol. The smallest absolute Gasteiger partial charge is 0.202 e. The van der Waals surface area contributed by atoms with E-state index in [0.29, 0.717) is 39.6 Å². The Balaban J connectivity index is 1.59. The third kappa shape index (κ3) is 3.32. The molecule has 29 heavy (non-hydrogen) atoms. The van der Waals surface area contributed by atoms with E-state index in [1.54, 1.807) is 12.1 Å². The van der Waals surface area contributed by atoms with E-state index >= 15 is 0 Å². The summed E-state index contributed by atoms with van der Waals surface area (Å²) >= 11 is 1.48. The molecular formula is C23H22N2O3S. The van der Waals surface area contributed by atoms with Crippen LogP contribution in [0.2, 0.25) is 0 Å². The molecule has 1 atom stereocenters. The molecule has 1 fully saturated rings. The molecule has 5 rings (SSSR count). The molecule has 6 heteroatoms. The van der Waals surface area contributed by atoms with Crippen LogP contribution in [-0.2, 0) is 6.54 Å². The number of benzene rings is 2. The number of hydrogen-bond acceptors (Lipinski definition) is 6. The van der Waals surface area contributed by atoms with Crippen molar-refractivity contribution in [3.8, 4) is 16.3 Å². The van der Waals surface area contributed by atoms with Crippen molar-refractivity contribution >= 4 is 32.5 Å². The average molecular weight is 407 g/mol. The van der Waals surface area contributed by atoms with Crippen molar-refractivity contribution in [1.29, 1.82) is 0 Å². The first-order valence-electron chi connectivity index (χ1n) is 9.95. The molecule has 0 unspecified atom stereocenters. The van der Waals surface area contributed by atoms with Crippen molar-refractivity contribution in [2.45, 2.75) is 26.3 Å². The number of likely N-dealkylation sites (tertiary alicyclic amines) is 1. The zero-order chi connectivity index (χ0) is 20.0. The van der Waals surface area contributed by atoms with E-state index in [1.807, 2.05) is 24.3 Å². The standard InChI is InChI=1S/C23H22N2O3S/c1-14-5-4-10-25(11-14)12-16-19(26)9-8-15-21(27)17(13-28-22(15)16)23-24-18-6-2-3-7-20(18)29-23/h2-3,6-9,13-14,26H,4-5,10-12H2,1H3/t14-/m0/s1.